The van der Waals surface area contributed by atoms with Crippen molar-refractivity contribution in [2.45, 2.75) is 26.3 Å². The summed E-state index contributed by atoms with van der Waals surface area (Å²) >= 11 is 1.61. The average molecular weight is 297 g/mol. The van der Waals surface area contributed by atoms with Crippen LogP contribution in [0.4, 0.5) is 11.4 Å². The Hall–Kier alpha value is -2.07. The van der Waals surface area contributed by atoms with E-state index in [1.165, 1.54) is 11.1 Å². The van der Waals surface area contributed by atoms with Gasteiger partial charge in [0.15, 0.2) is 0 Å². The summed E-state index contributed by atoms with van der Waals surface area (Å²) in [5.41, 5.74) is 13.2. The molecule has 108 valence electrons. The van der Waals surface area contributed by atoms with Gasteiger partial charge in [-0.3, -0.25) is 0 Å². The van der Waals surface area contributed by atoms with Crippen LogP contribution in [0.2, 0.25) is 0 Å². The molecule has 4 heteroatoms. The van der Waals surface area contributed by atoms with Crippen molar-refractivity contribution in [3.05, 3.63) is 53.0 Å². The smallest absolute Gasteiger partial charge is 0.106 e. The molecule has 1 aromatic heterocycles. The van der Waals surface area contributed by atoms with Crippen molar-refractivity contribution in [3.63, 3.8) is 0 Å². The first kappa shape index (κ1) is 13.9. The van der Waals surface area contributed by atoms with Crippen LogP contribution in [0.3, 0.4) is 0 Å². The maximum absolute atomic E-state index is 6.17. The number of rotatable bonds is 4. The molecule has 0 unspecified atom stereocenters. The van der Waals surface area contributed by atoms with Gasteiger partial charge >= 0.3 is 0 Å². The van der Waals surface area contributed by atoms with E-state index in [0.717, 1.165) is 28.1 Å². The van der Waals surface area contributed by atoms with Gasteiger partial charge in [0.25, 0.3) is 0 Å². The summed E-state index contributed by atoms with van der Waals surface area (Å²) in [5, 5.41) is 3.40. The molecule has 0 aliphatic heterocycles. The molecule has 3 rings (SSSR count). The lowest BCUT2D eigenvalue weighted by Gasteiger charge is -2.11. The quantitative estimate of drug-likeness (QED) is 0.691. The van der Waals surface area contributed by atoms with Gasteiger partial charge in [0.2, 0.25) is 0 Å². The van der Waals surface area contributed by atoms with Crippen LogP contribution in [0.5, 0.6) is 0 Å². The minimum Gasteiger partial charge on any atom is -0.395 e. The molecule has 0 saturated heterocycles. The number of hydrogen-bond acceptors (Lipinski definition) is 4. The molecule has 0 atom stereocenters. The van der Waals surface area contributed by atoms with E-state index in [2.05, 4.69) is 54.5 Å². The Morgan fingerprint density at radius 1 is 1.14 bits per heavy atom. The van der Waals surface area contributed by atoms with Crippen molar-refractivity contribution in [3.8, 4) is 0 Å². The predicted molar refractivity (Wildman–Crippen MR) is 91.9 cm³/mol. The van der Waals surface area contributed by atoms with Gasteiger partial charge in [0.05, 0.1) is 21.6 Å². The normalized spacial score (nSPS) is 11.2. The van der Waals surface area contributed by atoms with Crippen molar-refractivity contribution in [1.82, 2.24) is 4.98 Å². The number of anilines is 2. The van der Waals surface area contributed by atoms with E-state index in [1.54, 1.807) is 11.3 Å². The molecule has 0 radical (unpaired) electrons. The van der Waals surface area contributed by atoms with Gasteiger partial charge in [0, 0.05) is 6.54 Å². The molecule has 0 fully saturated rings. The van der Waals surface area contributed by atoms with Crippen LogP contribution >= 0.6 is 11.3 Å². The highest BCUT2D eigenvalue weighted by atomic mass is 32.1. The maximum Gasteiger partial charge on any atom is 0.106 e. The fourth-order valence-corrected chi connectivity index (χ4v) is 3.02. The number of benzene rings is 2. The molecule has 1 heterocycles. The molecular formula is C17H19N3S. The highest BCUT2D eigenvalue weighted by Crippen LogP contribution is 2.30. The summed E-state index contributed by atoms with van der Waals surface area (Å²) in [6.07, 6.45) is 0. The number of thiazole rings is 1. The van der Waals surface area contributed by atoms with Gasteiger partial charge in [-0.1, -0.05) is 38.1 Å². The van der Waals surface area contributed by atoms with Crippen LogP contribution in [0, 0.1) is 0 Å². The minimum absolute atomic E-state index is 0.565. The summed E-state index contributed by atoms with van der Waals surface area (Å²) in [4.78, 5) is 4.32. The topological polar surface area (TPSA) is 50.9 Å². The van der Waals surface area contributed by atoms with E-state index in [9.17, 15) is 0 Å². The Morgan fingerprint density at radius 2 is 1.90 bits per heavy atom. The fraction of sp³-hybridized carbons (Fsp3) is 0.235. The van der Waals surface area contributed by atoms with Crippen LogP contribution in [0.15, 0.2) is 41.9 Å². The van der Waals surface area contributed by atoms with Gasteiger partial charge in [-0.05, 0) is 29.2 Å². The van der Waals surface area contributed by atoms with Crippen LogP contribution in [-0.2, 0) is 6.54 Å². The third-order valence-electron chi connectivity index (χ3n) is 3.67. The lowest BCUT2D eigenvalue weighted by molar-refractivity contribution is 0.865. The molecule has 0 bridgehead atoms. The summed E-state index contributed by atoms with van der Waals surface area (Å²) in [6, 6.07) is 12.8. The number of nitrogens with one attached hydrogen (secondary N) is 1. The molecule has 3 nitrogen and oxygen atoms in total. The summed E-state index contributed by atoms with van der Waals surface area (Å²) in [5.74, 6) is 0.565. The molecule has 2 aromatic carbocycles. The van der Waals surface area contributed by atoms with Crippen molar-refractivity contribution in [2.75, 3.05) is 11.1 Å². The van der Waals surface area contributed by atoms with E-state index in [1.807, 2.05) is 11.6 Å². The molecule has 3 aromatic rings. The lowest BCUT2D eigenvalue weighted by atomic mass is 10.0. The predicted octanol–water partition coefficient (Wildman–Crippen LogP) is 4.61. The molecule has 21 heavy (non-hydrogen) atoms. The summed E-state index contributed by atoms with van der Waals surface area (Å²) in [7, 11) is 0. The molecule has 3 N–H and O–H groups in total. The Kier molecular flexibility index (Phi) is 3.80. The number of hydrogen-bond donors (Lipinski definition) is 2. The van der Waals surface area contributed by atoms with Gasteiger partial charge in [-0.25, -0.2) is 4.98 Å². The minimum atomic E-state index is 0.565. The third kappa shape index (κ3) is 2.85. The summed E-state index contributed by atoms with van der Waals surface area (Å²) < 4.78 is 1.12. The van der Waals surface area contributed by atoms with Crippen molar-refractivity contribution in [1.29, 1.82) is 0 Å². The highest BCUT2D eigenvalue weighted by molar-refractivity contribution is 7.16. The third-order valence-corrected chi connectivity index (χ3v) is 4.47. The molecule has 0 aliphatic carbocycles. The first-order valence-corrected chi connectivity index (χ1v) is 7.97. The monoisotopic (exact) mass is 297 g/mol. The Balaban J connectivity index is 1.75. The maximum atomic E-state index is 6.17. The van der Waals surface area contributed by atoms with Gasteiger partial charge in [-0.2, -0.15) is 0 Å². The van der Waals surface area contributed by atoms with E-state index in [-0.39, 0.29) is 0 Å². The zero-order chi connectivity index (χ0) is 14.8. The standard InChI is InChI=1S/C17H19N3S/c1-11(2)13-5-3-12(4-6-13)9-19-14-7-8-15-17(16(14)18)20-10-21-15/h3-8,10-11,19H,9,18H2,1-2H3. The van der Waals surface area contributed by atoms with E-state index in [0.29, 0.717) is 5.92 Å². The van der Waals surface area contributed by atoms with Crippen LogP contribution in [0.1, 0.15) is 30.9 Å². The number of fused-ring (bicyclic) bond motifs is 1. The number of nitrogen functional groups attached to an aromatic ring is 1. The van der Waals surface area contributed by atoms with Crippen LogP contribution in [-0.4, -0.2) is 4.98 Å². The lowest BCUT2D eigenvalue weighted by Crippen LogP contribution is -2.03. The zero-order valence-electron chi connectivity index (χ0n) is 12.3. The SMILES string of the molecule is CC(C)c1ccc(CNc2ccc3scnc3c2N)cc1. The fourth-order valence-electron chi connectivity index (χ4n) is 2.32. The number of aromatic nitrogens is 1. The second kappa shape index (κ2) is 5.74. The zero-order valence-corrected chi connectivity index (χ0v) is 13.1. The van der Waals surface area contributed by atoms with Crippen molar-refractivity contribution in [2.24, 2.45) is 0 Å². The molecule has 0 amide bonds. The van der Waals surface area contributed by atoms with Crippen molar-refractivity contribution < 1.29 is 0 Å². The van der Waals surface area contributed by atoms with Crippen molar-refractivity contribution >= 4 is 32.9 Å². The molecule has 0 aliphatic rings. The largest absolute Gasteiger partial charge is 0.395 e. The first-order valence-electron chi connectivity index (χ1n) is 7.09. The highest BCUT2D eigenvalue weighted by Gasteiger charge is 2.06. The van der Waals surface area contributed by atoms with E-state index >= 15 is 0 Å². The second-order valence-corrected chi connectivity index (χ2v) is 6.36. The van der Waals surface area contributed by atoms with E-state index in [4.69, 9.17) is 5.73 Å². The van der Waals surface area contributed by atoms with Gasteiger partial charge < -0.3 is 11.1 Å². The molecule has 0 saturated carbocycles. The number of nitrogens with zero attached hydrogens (tertiary/aromatic N) is 1. The number of nitrogens with two attached hydrogens (primary N) is 1. The molecular weight excluding hydrogens is 278 g/mol. The Morgan fingerprint density at radius 3 is 2.62 bits per heavy atom. The first-order chi connectivity index (χ1) is 10.1. The molecule has 0 spiro atoms. The summed E-state index contributed by atoms with van der Waals surface area (Å²) in [6.45, 7) is 5.17. The average Bonchev–Trinajstić information content (AvgIpc) is 2.96. The van der Waals surface area contributed by atoms with Crippen LogP contribution < -0.4 is 11.1 Å². The second-order valence-electron chi connectivity index (χ2n) is 5.48. The Bertz CT molecular complexity index is 744. The van der Waals surface area contributed by atoms with Gasteiger partial charge in [0.1, 0.15) is 5.52 Å². The Labute approximate surface area is 128 Å². The van der Waals surface area contributed by atoms with E-state index < -0.39 is 0 Å². The van der Waals surface area contributed by atoms with Crippen LogP contribution in [0.25, 0.3) is 10.2 Å². The van der Waals surface area contributed by atoms with Gasteiger partial charge in [-0.15, -0.1) is 11.3 Å².